The third-order valence-corrected chi connectivity index (χ3v) is 3.93. The quantitative estimate of drug-likeness (QED) is 0.646. The smallest absolute Gasteiger partial charge is 0.344 e. The maximum atomic E-state index is 11.9. The number of aromatic nitrogens is 2. The number of halogens is 1. The van der Waals surface area contributed by atoms with E-state index in [0.717, 1.165) is 22.3 Å². The summed E-state index contributed by atoms with van der Waals surface area (Å²) < 4.78 is 10.7. The Kier molecular flexibility index (Phi) is 5.14. The number of nitrogens with zero attached hydrogens (tertiary/aromatic N) is 2. The summed E-state index contributed by atoms with van der Waals surface area (Å²) in [5.74, 6) is 0.131. The molecule has 3 aromatic rings. The van der Waals surface area contributed by atoms with Crippen LogP contribution in [0.4, 0.5) is 0 Å². The molecule has 0 fully saturated rings. The van der Waals surface area contributed by atoms with Crippen molar-refractivity contribution in [2.24, 2.45) is 0 Å². The third kappa shape index (κ3) is 4.25. The third-order valence-electron chi connectivity index (χ3n) is 3.70. The highest BCUT2D eigenvalue weighted by molar-refractivity contribution is 6.30. The van der Waals surface area contributed by atoms with Crippen molar-refractivity contribution in [2.45, 2.75) is 20.5 Å². The Balaban J connectivity index is 1.59. The molecule has 128 valence electrons. The minimum atomic E-state index is -0.469. The zero-order valence-corrected chi connectivity index (χ0v) is 14.7. The second-order valence-corrected chi connectivity index (χ2v) is 6.04. The van der Waals surface area contributed by atoms with Crippen molar-refractivity contribution in [3.63, 3.8) is 0 Å². The first-order chi connectivity index (χ1) is 12.0. The number of para-hydroxylation sites is 2. The van der Waals surface area contributed by atoms with Crippen LogP contribution in [0, 0.1) is 13.8 Å². The Morgan fingerprint density at radius 3 is 2.52 bits per heavy atom. The van der Waals surface area contributed by atoms with Gasteiger partial charge in [-0.05, 0) is 49.7 Å². The second kappa shape index (κ2) is 7.49. The van der Waals surface area contributed by atoms with E-state index >= 15 is 0 Å². The van der Waals surface area contributed by atoms with Gasteiger partial charge in [0.25, 0.3) is 0 Å². The largest absolute Gasteiger partial charge is 0.482 e. The van der Waals surface area contributed by atoms with Gasteiger partial charge in [0.05, 0.1) is 22.4 Å². The predicted molar refractivity (Wildman–Crippen MR) is 95.8 cm³/mol. The average molecular weight is 357 g/mol. The maximum absolute atomic E-state index is 11.9. The number of rotatable bonds is 5. The van der Waals surface area contributed by atoms with Gasteiger partial charge < -0.3 is 9.47 Å². The van der Waals surface area contributed by atoms with Crippen LogP contribution in [0.1, 0.15) is 17.0 Å². The van der Waals surface area contributed by atoms with Gasteiger partial charge >= 0.3 is 5.97 Å². The number of aryl methyl sites for hydroxylation is 2. The predicted octanol–water partition coefficient (Wildman–Crippen LogP) is 4.02. The Morgan fingerprint density at radius 2 is 1.80 bits per heavy atom. The molecule has 0 aliphatic heterocycles. The molecule has 0 saturated carbocycles. The van der Waals surface area contributed by atoms with Crippen LogP contribution >= 0.6 is 11.6 Å². The van der Waals surface area contributed by atoms with E-state index in [0.29, 0.717) is 16.5 Å². The van der Waals surface area contributed by atoms with Crippen molar-refractivity contribution in [1.82, 2.24) is 9.97 Å². The molecule has 1 heterocycles. The number of fused-ring (bicyclic) bond motifs is 1. The lowest BCUT2D eigenvalue weighted by atomic mass is 10.2. The number of hydrogen-bond donors (Lipinski definition) is 0. The molecule has 25 heavy (non-hydrogen) atoms. The lowest BCUT2D eigenvalue weighted by Crippen LogP contribution is -2.16. The molecule has 0 aliphatic rings. The molecular weight excluding hydrogens is 340 g/mol. The van der Waals surface area contributed by atoms with Gasteiger partial charge in [-0.25, -0.2) is 14.8 Å². The average Bonchev–Trinajstić information content (AvgIpc) is 2.59. The van der Waals surface area contributed by atoms with Gasteiger partial charge in [-0.1, -0.05) is 23.7 Å². The fourth-order valence-electron chi connectivity index (χ4n) is 2.36. The molecule has 0 bridgehead atoms. The van der Waals surface area contributed by atoms with Crippen molar-refractivity contribution in [2.75, 3.05) is 6.61 Å². The molecule has 0 unspecified atom stereocenters. The molecular formula is C19H17ClN2O3. The summed E-state index contributed by atoms with van der Waals surface area (Å²) in [5, 5.41) is 0.623. The molecule has 0 spiro atoms. The lowest BCUT2D eigenvalue weighted by Gasteiger charge is -2.10. The molecule has 5 nitrogen and oxygen atoms in total. The molecule has 0 aliphatic carbocycles. The van der Waals surface area contributed by atoms with Crippen LogP contribution in [0.3, 0.4) is 0 Å². The second-order valence-electron chi connectivity index (χ2n) is 5.60. The first-order valence-corrected chi connectivity index (χ1v) is 8.17. The monoisotopic (exact) mass is 356 g/mol. The van der Waals surface area contributed by atoms with Gasteiger partial charge in [-0.3, -0.25) is 0 Å². The summed E-state index contributed by atoms with van der Waals surface area (Å²) in [6, 6.07) is 12.8. The Labute approximate surface area is 150 Å². The van der Waals surface area contributed by atoms with Gasteiger partial charge in [0.15, 0.2) is 6.61 Å². The van der Waals surface area contributed by atoms with Crippen LogP contribution in [0.15, 0.2) is 42.5 Å². The van der Waals surface area contributed by atoms with Crippen LogP contribution in [0.5, 0.6) is 5.75 Å². The fourth-order valence-corrected chi connectivity index (χ4v) is 2.59. The van der Waals surface area contributed by atoms with E-state index in [9.17, 15) is 4.79 Å². The van der Waals surface area contributed by atoms with E-state index in [4.69, 9.17) is 21.1 Å². The van der Waals surface area contributed by atoms with Gasteiger partial charge in [0.2, 0.25) is 0 Å². The molecule has 3 rings (SSSR count). The Hall–Kier alpha value is -2.66. The Morgan fingerprint density at radius 1 is 1.08 bits per heavy atom. The van der Waals surface area contributed by atoms with Crippen LogP contribution in [-0.2, 0) is 16.1 Å². The van der Waals surface area contributed by atoms with Crippen LogP contribution in [-0.4, -0.2) is 22.5 Å². The molecule has 0 radical (unpaired) electrons. The molecule has 1 aromatic heterocycles. The molecule has 0 N–H and O–H groups in total. The van der Waals surface area contributed by atoms with Crippen LogP contribution in [0.2, 0.25) is 5.02 Å². The van der Waals surface area contributed by atoms with Gasteiger partial charge in [0, 0.05) is 5.02 Å². The standard InChI is InChI=1S/C19H17ClN2O3/c1-12-9-14(20)7-8-18(12)24-11-19(23)25-10-17-13(2)21-15-5-3-4-6-16(15)22-17/h3-9H,10-11H2,1-2H3. The summed E-state index contributed by atoms with van der Waals surface area (Å²) in [6.07, 6.45) is 0. The fraction of sp³-hybridized carbons (Fsp3) is 0.211. The van der Waals surface area contributed by atoms with E-state index < -0.39 is 5.97 Å². The van der Waals surface area contributed by atoms with Crippen molar-refractivity contribution in [1.29, 1.82) is 0 Å². The highest BCUT2D eigenvalue weighted by Gasteiger charge is 2.10. The maximum Gasteiger partial charge on any atom is 0.344 e. The van der Waals surface area contributed by atoms with E-state index in [2.05, 4.69) is 9.97 Å². The zero-order chi connectivity index (χ0) is 17.8. The lowest BCUT2D eigenvalue weighted by molar-refractivity contribution is -0.147. The van der Waals surface area contributed by atoms with E-state index in [-0.39, 0.29) is 13.2 Å². The van der Waals surface area contributed by atoms with Crippen molar-refractivity contribution in [3.8, 4) is 5.75 Å². The normalized spacial score (nSPS) is 10.7. The molecule has 0 amide bonds. The zero-order valence-electron chi connectivity index (χ0n) is 14.0. The molecule has 0 saturated heterocycles. The highest BCUT2D eigenvalue weighted by Crippen LogP contribution is 2.21. The number of carbonyl (C=O) groups excluding carboxylic acids is 1. The van der Waals surface area contributed by atoms with Crippen molar-refractivity contribution < 1.29 is 14.3 Å². The Bertz CT molecular complexity index is 928. The highest BCUT2D eigenvalue weighted by atomic mass is 35.5. The topological polar surface area (TPSA) is 61.3 Å². The van der Waals surface area contributed by atoms with Gasteiger partial charge in [-0.15, -0.1) is 0 Å². The number of benzene rings is 2. The first-order valence-electron chi connectivity index (χ1n) is 7.80. The summed E-state index contributed by atoms with van der Waals surface area (Å²) in [7, 11) is 0. The minimum Gasteiger partial charge on any atom is -0.482 e. The van der Waals surface area contributed by atoms with Crippen molar-refractivity contribution in [3.05, 3.63) is 64.4 Å². The molecule has 0 atom stereocenters. The van der Waals surface area contributed by atoms with E-state index in [1.807, 2.05) is 38.1 Å². The summed E-state index contributed by atoms with van der Waals surface area (Å²) >= 11 is 5.89. The summed E-state index contributed by atoms with van der Waals surface area (Å²) in [4.78, 5) is 20.9. The van der Waals surface area contributed by atoms with E-state index in [1.165, 1.54) is 0 Å². The summed E-state index contributed by atoms with van der Waals surface area (Å²) in [5.41, 5.74) is 3.82. The molecule has 6 heteroatoms. The first kappa shape index (κ1) is 17.2. The summed E-state index contributed by atoms with van der Waals surface area (Å²) in [6.45, 7) is 3.59. The van der Waals surface area contributed by atoms with Crippen LogP contribution in [0.25, 0.3) is 11.0 Å². The number of ether oxygens (including phenoxy) is 2. The minimum absolute atomic E-state index is 0.0610. The number of hydrogen-bond acceptors (Lipinski definition) is 5. The molecule has 2 aromatic carbocycles. The van der Waals surface area contributed by atoms with Gasteiger partial charge in [-0.2, -0.15) is 0 Å². The van der Waals surface area contributed by atoms with E-state index in [1.54, 1.807) is 18.2 Å². The number of carbonyl (C=O) groups is 1. The van der Waals surface area contributed by atoms with Crippen molar-refractivity contribution >= 4 is 28.6 Å². The number of esters is 1. The SMILES string of the molecule is Cc1cc(Cl)ccc1OCC(=O)OCc1nc2ccccc2nc1C. The van der Waals surface area contributed by atoms with Gasteiger partial charge in [0.1, 0.15) is 12.4 Å². The van der Waals surface area contributed by atoms with Crippen LogP contribution < -0.4 is 4.74 Å².